The normalized spacial score (nSPS) is 9.64. The second-order valence-electron chi connectivity index (χ2n) is 1.83. The monoisotopic (exact) mass is 174 g/mol. The lowest BCUT2D eigenvalue weighted by Gasteiger charge is -1.91. The number of aryl methyl sites for hydroxylation is 1. The first kappa shape index (κ1) is 8.00. The minimum absolute atomic E-state index is 0.234. The molecule has 0 saturated carbocycles. The van der Waals surface area contributed by atoms with Gasteiger partial charge in [0, 0.05) is 0 Å². The molecule has 0 unspecified atom stereocenters. The third-order valence-electron chi connectivity index (χ3n) is 1.11. The fourth-order valence-electron chi connectivity index (χ4n) is 0.625. The number of methoxy groups -OCH3 is 1. The van der Waals surface area contributed by atoms with E-state index in [-0.39, 0.29) is 4.88 Å². The maximum absolute atomic E-state index is 10.8. The van der Waals surface area contributed by atoms with Crippen molar-refractivity contribution in [2.24, 2.45) is 0 Å². The number of hydrogen-bond acceptors (Lipinski definition) is 5. The van der Waals surface area contributed by atoms with Crippen LogP contribution in [-0.2, 0) is 4.74 Å². The highest BCUT2D eigenvalue weighted by atomic mass is 32.1. The van der Waals surface area contributed by atoms with E-state index in [1.807, 2.05) is 0 Å². The smallest absolute Gasteiger partial charge is 0.395 e. The zero-order chi connectivity index (χ0) is 8.43. The molecule has 0 spiro atoms. The van der Waals surface area contributed by atoms with Gasteiger partial charge in [0.1, 0.15) is 5.76 Å². The Balaban J connectivity index is 3.13. The quantitative estimate of drug-likeness (QED) is 0.591. The van der Waals surface area contributed by atoms with Gasteiger partial charge in [-0.15, -0.1) is 0 Å². The van der Waals surface area contributed by atoms with Crippen LogP contribution in [0.3, 0.4) is 0 Å². The Morgan fingerprint density at radius 1 is 1.64 bits per heavy atom. The van der Waals surface area contributed by atoms with E-state index >= 15 is 0 Å². The molecule has 1 heterocycles. The molecule has 0 saturated heterocycles. The third-order valence-corrected chi connectivity index (χ3v) is 2.02. The van der Waals surface area contributed by atoms with Crippen LogP contribution in [0.4, 0.5) is 0 Å². The Morgan fingerprint density at radius 3 is 2.64 bits per heavy atom. The highest BCUT2D eigenvalue weighted by Gasteiger charge is 2.14. The van der Waals surface area contributed by atoms with Crippen LogP contribution in [0.1, 0.15) is 15.4 Å². The van der Waals surface area contributed by atoms with Crippen molar-refractivity contribution in [3.05, 3.63) is 20.4 Å². The van der Waals surface area contributed by atoms with Crippen LogP contribution >= 0.6 is 11.3 Å². The van der Waals surface area contributed by atoms with E-state index in [9.17, 15) is 9.59 Å². The predicted molar refractivity (Wildman–Crippen MR) is 38.9 cm³/mol. The van der Waals surface area contributed by atoms with Crippen molar-refractivity contribution < 1.29 is 13.9 Å². The Kier molecular flexibility index (Phi) is 2.09. The Hall–Kier alpha value is -1.10. The maximum Gasteiger partial charge on any atom is 0.395 e. The number of hydrogen-bond donors (Lipinski definition) is 0. The molecule has 0 aliphatic carbocycles. The number of rotatable bonds is 1. The minimum atomic E-state index is -0.529. The van der Waals surface area contributed by atoms with E-state index in [2.05, 4.69) is 9.15 Å². The molecule has 0 radical (unpaired) electrons. The van der Waals surface area contributed by atoms with Gasteiger partial charge in [0.05, 0.1) is 7.11 Å². The SMILES string of the molecule is COC(=O)c1sc(=O)oc1C. The van der Waals surface area contributed by atoms with Gasteiger partial charge in [-0.05, 0) is 18.3 Å². The predicted octanol–water partition coefficient (Wildman–Crippen LogP) is 0.796. The molecule has 5 heteroatoms. The number of esters is 1. The molecular weight excluding hydrogens is 168 g/mol. The number of carbonyl (C=O) groups is 1. The van der Waals surface area contributed by atoms with Gasteiger partial charge in [-0.25, -0.2) is 9.59 Å². The van der Waals surface area contributed by atoms with Crippen LogP contribution in [0.15, 0.2) is 9.21 Å². The molecule has 1 aromatic heterocycles. The van der Waals surface area contributed by atoms with Crippen molar-refractivity contribution in [1.82, 2.24) is 0 Å². The molecule has 0 N–H and O–H groups in total. The summed E-state index contributed by atoms with van der Waals surface area (Å²) in [5, 5.41) is 0. The average Bonchev–Trinajstić information content (AvgIpc) is 2.28. The highest BCUT2D eigenvalue weighted by molar-refractivity contribution is 7.11. The molecule has 0 atom stereocenters. The first-order valence-electron chi connectivity index (χ1n) is 2.84. The highest BCUT2D eigenvalue weighted by Crippen LogP contribution is 2.11. The molecule has 4 nitrogen and oxygen atoms in total. The standard InChI is InChI=1S/C6H6O4S/c1-3-4(5(7)9-2)11-6(8)10-3/h1-2H3. The van der Waals surface area contributed by atoms with E-state index in [1.54, 1.807) is 6.92 Å². The van der Waals surface area contributed by atoms with Gasteiger partial charge in [0.2, 0.25) is 0 Å². The lowest BCUT2D eigenvalue weighted by atomic mass is 10.4. The molecule has 1 rings (SSSR count). The molecule has 0 aliphatic rings. The fourth-order valence-corrected chi connectivity index (χ4v) is 1.31. The Labute approximate surface area is 66.4 Å². The first-order chi connectivity index (χ1) is 5.15. The summed E-state index contributed by atoms with van der Waals surface area (Å²) < 4.78 is 9.00. The molecule has 1 aromatic rings. The van der Waals surface area contributed by atoms with Crippen LogP contribution in [0, 0.1) is 6.92 Å². The van der Waals surface area contributed by atoms with Crippen molar-refractivity contribution >= 4 is 17.3 Å². The summed E-state index contributed by atoms with van der Waals surface area (Å²) in [4.78, 5) is 21.2. The van der Waals surface area contributed by atoms with Crippen LogP contribution in [0.2, 0.25) is 0 Å². The summed E-state index contributed by atoms with van der Waals surface area (Å²) in [6, 6.07) is 0. The zero-order valence-electron chi connectivity index (χ0n) is 6.04. The minimum Gasteiger partial charge on any atom is -0.465 e. The van der Waals surface area contributed by atoms with Crippen LogP contribution in [0.5, 0.6) is 0 Å². The maximum atomic E-state index is 10.8. The molecule has 0 amide bonds. The van der Waals surface area contributed by atoms with Gasteiger partial charge in [-0.3, -0.25) is 0 Å². The molecule has 11 heavy (non-hydrogen) atoms. The Morgan fingerprint density at radius 2 is 2.27 bits per heavy atom. The van der Waals surface area contributed by atoms with Crippen LogP contribution < -0.4 is 4.94 Å². The van der Waals surface area contributed by atoms with Crippen molar-refractivity contribution in [2.75, 3.05) is 7.11 Å². The van der Waals surface area contributed by atoms with Gasteiger partial charge in [-0.2, -0.15) is 0 Å². The number of carbonyl (C=O) groups excluding carboxylic acids is 1. The lowest BCUT2D eigenvalue weighted by molar-refractivity contribution is 0.0603. The molecular formula is C6H6O4S. The lowest BCUT2D eigenvalue weighted by Crippen LogP contribution is -1.99. The van der Waals surface area contributed by atoms with E-state index < -0.39 is 10.9 Å². The van der Waals surface area contributed by atoms with E-state index in [1.165, 1.54) is 7.11 Å². The molecule has 0 bridgehead atoms. The topological polar surface area (TPSA) is 56.5 Å². The second kappa shape index (κ2) is 2.87. The molecule has 60 valence electrons. The second-order valence-corrected chi connectivity index (χ2v) is 2.78. The summed E-state index contributed by atoms with van der Waals surface area (Å²) in [5.74, 6) is -0.217. The largest absolute Gasteiger partial charge is 0.465 e. The van der Waals surface area contributed by atoms with Gasteiger partial charge in [0.15, 0.2) is 4.88 Å². The van der Waals surface area contributed by atoms with Crippen molar-refractivity contribution in [1.29, 1.82) is 0 Å². The van der Waals surface area contributed by atoms with Crippen molar-refractivity contribution in [3.8, 4) is 0 Å². The van der Waals surface area contributed by atoms with Gasteiger partial charge < -0.3 is 9.15 Å². The van der Waals surface area contributed by atoms with Crippen molar-refractivity contribution in [3.63, 3.8) is 0 Å². The summed E-state index contributed by atoms with van der Waals surface area (Å²) in [6.45, 7) is 1.55. The first-order valence-corrected chi connectivity index (χ1v) is 3.65. The average molecular weight is 174 g/mol. The van der Waals surface area contributed by atoms with E-state index in [0.717, 1.165) is 11.3 Å². The summed E-state index contributed by atoms with van der Waals surface area (Å²) >= 11 is 0.750. The molecule has 0 aliphatic heterocycles. The van der Waals surface area contributed by atoms with Crippen LogP contribution in [0.25, 0.3) is 0 Å². The van der Waals surface area contributed by atoms with Gasteiger partial charge in [-0.1, -0.05) is 0 Å². The summed E-state index contributed by atoms with van der Waals surface area (Å²) in [6.07, 6.45) is 0. The van der Waals surface area contributed by atoms with Gasteiger partial charge in [0.25, 0.3) is 0 Å². The van der Waals surface area contributed by atoms with E-state index in [0.29, 0.717) is 5.76 Å². The Bertz CT molecular complexity index is 322. The molecule has 0 aromatic carbocycles. The third kappa shape index (κ3) is 1.48. The van der Waals surface area contributed by atoms with Crippen LogP contribution in [-0.4, -0.2) is 13.1 Å². The summed E-state index contributed by atoms with van der Waals surface area (Å²) in [7, 11) is 1.26. The van der Waals surface area contributed by atoms with Crippen molar-refractivity contribution in [2.45, 2.75) is 6.92 Å². The van der Waals surface area contributed by atoms with Gasteiger partial charge >= 0.3 is 10.9 Å². The zero-order valence-corrected chi connectivity index (χ0v) is 6.86. The number of ether oxygens (including phenoxy) is 1. The van der Waals surface area contributed by atoms with E-state index in [4.69, 9.17) is 0 Å². The fraction of sp³-hybridized carbons (Fsp3) is 0.333. The summed E-state index contributed by atoms with van der Waals surface area (Å²) in [5.41, 5.74) is 0. The molecule has 0 fully saturated rings.